The van der Waals surface area contributed by atoms with Crippen LogP contribution < -0.4 is 0 Å². The molecule has 1 saturated carbocycles. The molecular weight excluding hydrogens is 206 g/mol. The largest absolute Gasteiger partial charge is 0.480 e. The van der Waals surface area contributed by atoms with Crippen LogP contribution in [-0.4, -0.2) is 47.8 Å². The van der Waals surface area contributed by atoms with Crippen LogP contribution in [-0.2, 0) is 9.53 Å². The number of rotatable bonds is 2. The number of hydrogen-bond donors (Lipinski definition) is 1. The van der Waals surface area contributed by atoms with Gasteiger partial charge in [-0.05, 0) is 25.7 Å². The first-order valence-electron chi connectivity index (χ1n) is 6.26. The Labute approximate surface area is 96.6 Å². The molecule has 0 unspecified atom stereocenters. The Hall–Kier alpha value is -0.610. The third-order valence-electron chi connectivity index (χ3n) is 3.98. The fourth-order valence-electron chi connectivity index (χ4n) is 3.01. The van der Waals surface area contributed by atoms with Crippen molar-refractivity contribution in [1.82, 2.24) is 4.90 Å². The van der Waals surface area contributed by atoms with Gasteiger partial charge in [0, 0.05) is 12.6 Å². The van der Waals surface area contributed by atoms with Crippen LogP contribution in [0.25, 0.3) is 0 Å². The van der Waals surface area contributed by atoms with Crippen LogP contribution in [0.3, 0.4) is 0 Å². The van der Waals surface area contributed by atoms with E-state index >= 15 is 0 Å². The zero-order valence-corrected chi connectivity index (χ0v) is 9.89. The van der Waals surface area contributed by atoms with Crippen LogP contribution in [0.5, 0.6) is 0 Å². The van der Waals surface area contributed by atoms with Gasteiger partial charge in [0.15, 0.2) is 0 Å². The summed E-state index contributed by atoms with van der Waals surface area (Å²) in [7, 11) is 0. The Morgan fingerprint density at radius 1 is 1.44 bits per heavy atom. The molecule has 16 heavy (non-hydrogen) atoms. The monoisotopic (exact) mass is 227 g/mol. The molecule has 0 bridgehead atoms. The first kappa shape index (κ1) is 11.9. The average molecular weight is 227 g/mol. The summed E-state index contributed by atoms with van der Waals surface area (Å²) in [6.45, 7) is 4.03. The maximum Gasteiger partial charge on any atom is 0.320 e. The topological polar surface area (TPSA) is 49.8 Å². The summed E-state index contributed by atoms with van der Waals surface area (Å²) in [5.41, 5.74) is 0. The highest BCUT2D eigenvalue weighted by Gasteiger charge is 2.36. The predicted molar refractivity (Wildman–Crippen MR) is 60.4 cm³/mol. The summed E-state index contributed by atoms with van der Waals surface area (Å²) in [5.74, 6) is -0.177. The third kappa shape index (κ3) is 2.38. The molecule has 1 N–H and O–H groups in total. The van der Waals surface area contributed by atoms with Crippen molar-refractivity contribution in [3.8, 4) is 0 Å². The fraction of sp³-hybridized carbons (Fsp3) is 0.917. The van der Waals surface area contributed by atoms with Crippen LogP contribution in [0, 0.1) is 5.92 Å². The summed E-state index contributed by atoms with van der Waals surface area (Å²) in [4.78, 5) is 13.2. The van der Waals surface area contributed by atoms with Gasteiger partial charge >= 0.3 is 5.97 Å². The van der Waals surface area contributed by atoms with Crippen molar-refractivity contribution < 1.29 is 14.6 Å². The lowest BCUT2D eigenvalue weighted by molar-refractivity contribution is -0.144. The smallest absolute Gasteiger partial charge is 0.320 e. The van der Waals surface area contributed by atoms with Crippen molar-refractivity contribution in [3.63, 3.8) is 0 Å². The van der Waals surface area contributed by atoms with Crippen LogP contribution in [0.15, 0.2) is 0 Å². The van der Waals surface area contributed by atoms with Gasteiger partial charge in [-0.2, -0.15) is 0 Å². The van der Waals surface area contributed by atoms with E-state index in [1.807, 2.05) is 0 Å². The Morgan fingerprint density at radius 2 is 2.19 bits per heavy atom. The van der Waals surface area contributed by atoms with Crippen LogP contribution in [0.2, 0.25) is 0 Å². The van der Waals surface area contributed by atoms with Crippen molar-refractivity contribution in [1.29, 1.82) is 0 Å². The van der Waals surface area contributed by atoms with E-state index in [2.05, 4.69) is 4.90 Å². The molecule has 0 radical (unpaired) electrons. The highest BCUT2D eigenvalue weighted by Crippen LogP contribution is 2.31. The first-order chi connectivity index (χ1) is 7.70. The number of fused-ring (bicyclic) bond motifs is 1. The highest BCUT2D eigenvalue weighted by molar-refractivity contribution is 5.72. The number of carbonyl (C=O) groups is 1. The molecule has 4 heteroatoms. The van der Waals surface area contributed by atoms with Crippen molar-refractivity contribution >= 4 is 5.97 Å². The minimum Gasteiger partial charge on any atom is -0.480 e. The molecular formula is C12H21NO3. The van der Waals surface area contributed by atoms with E-state index in [1.54, 1.807) is 6.92 Å². The van der Waals surface area contributed by atoms with E-state index in [9.17, 15) is 4.79 Å². The van der Waals surface area contributed by atoms with E-state index in [-0.39, 0.29) is 6.04 Å². The van der Waals surface area contributed by atoms with Crippen molar-refractivity contribution in [2.75, 3.05) is 19.8 Å². The van der Waals surface area contributed by atoms with Gasteiger partial charge in [-0.25, -0.2) is 0 Å². The molecule has 0 amide bonds. The summed E-state index contributed by atoms with van der Waals surface area (Å²) in [6.07, 6.45) is 4.81. The summed E-state index contributed by atoms with van der Waals surface area (Å²) in [5, 5.41) is 9.13. The molecule has 1 aliphatic heterocycles. The Bertz CT molecular complexity index is 257. The summed E-state index contributed by atoms with van der Waals surface area (Å²) < 4.78 is 5.59. The maximum absolute atomic E-state index is 11.1. The number of carboxylic acid groups (broad SMARTS) is 1. The van der Waals surface area contributed by atoms with E-state index in [0.29, 0.717) is 18.6 Å². The molecule has 0 spiro atoms. The lowest BCUT2D eigenvalue weighted by atomic mass is 9.83. The Kier molecular flexibility index (Phi) is 3.82. The van der Waals surface area contributed by atoms with E-state index in [0.717, 1.165) is 19.6 Å². The minimum atomic E-state index is -0.716. The molecule has 1 heterocycles. The van der Waals surface area contributed by atoms with Gasteiger partial charge in [0.2, 0.25) is 0 Å². The van der Waals surface area contributed by atoms with Crippen molar-refractivity contribution in [2.24, 2.45) is 5.92 Å². The fourth-order valence-corrected chi connectivity index (χ4v) is 3.01. The zero-order valence-electron chi connectivity index (χ0n) is 9.89. The number of carboxylic acids is 1. The lowest BCUT2D eigenvalue weighted by Crippen LogP contribution is -2.50. The number of hydrogen-bond acceptors (Lipinski definition) is 3. The second kappa shape index (κ2) is 5.15. The molecule has 0 aromatic rings. The molecule has 0 aromatic carbocycles. The molecule has 0 aromatic heterocycles. The van der Waals surface area contributed by atoms with Gasteiger partial charge in [0.1, 0.15) is 6.04 Å². The van der Waals surface area contributed by atoms with Crippen LogP contribution >= 0.6 is 0 Å². The van der Waals surface area contributed by atoms with Gasteiger partial charge in [-0.3, -0.25) is 9.69 Å². The SMILES string of the molecule is C[C@H](C(=O)O)N1CCOC[C@H]2CCCC[C@@H]21. The molecule has 2 fully saturated rings. The van der Waals surface area contributed by atoms with Gasteiger partial charge in [-0.15, -0.1) is 0 Å². The molecule has 92 valence electrons. The Balaban J connectivity index is 2.11. The number of ether oxygens (including phenoxy) is 1. The molecule has 3 atom stereocenters. The van der Waals surface area contributed by atoms with Gasteiger partial charge < -0.3 is 9.84 Å². The number of nitrogens with zero attached hydrogens (tertiary/aromatic N) is 1. The normalized spacial score (nSPS) is 33.8. The number of aliphatic carboxylic acids is 1. The second-order valence-corrected chi connectivity index (χ2v) is 4.94. The third-order valence-corrected chi connectivity index (χ3v) is 3.98. The van der Waals surface area contributed by atoms with E-state index in [4.69, 9.17) is 9.84 Å². The van der Waals surface area contributed by atoms with Gasteiger partial charge in [0.25, 0.3) is 0 Å². The minimum absolute atomic E-state index is 0.382. The summed E-state index contributed by atoms with van der Waals surface area (Å²) in [6, 6.07) is 0.0367. The second-order valence-electron chi connectivity index (χ2n) is 4.94. The lowest BCUT2D eigenvalue weighted by Gasteiger charge is -2.39. The maximum atomic E-state index is 11.1. The van der Waals surface area contributed by atoms with E-state index in [1.165, 1.54) is 19.3 Å². The van der Waals surface area contributed by atoms with Crippen LogP contribution in [0.1, 0.15) is 32.6 Å². The molecule has 4 nitrogen and oxygen atoms in total. The average Bonchev–Trinajstić information content (AvgIpc) is 2.50. The Morgan fingerprint density at radius 3 is 2.94 bits per heavy atom. The van der Waals surface area contributed by atoms with Gasteiger partial charge in [0.05, 0.1) is 13.2 Å². The molecule has 1 saturated heterocycles. The highest BCUT2D eigenvalue weighted by atomic mass is 16.5. The first-order valence-corrected chi connectivity index (χ1v) is 6.26. The van der Waals surface area contributed by atoms with E-state index < -0.39 is 5.97 Å². The molecule has 2 rings (SSSR count). The van der Waals surface area contributed by atoms with Gasteiger partial charge in [-0.1, -0.05) is 12.8 Å². The molecule has 1 aliphatic carbocycles. The van der Waals surface area contributed by atoms with Crippen LogP contribution in [0.4, 0.5) is 0 Å². The zero-order chi connectivity index (χ0) is 11.5. The van der Waals surface area contributed by atoms with Crippen molar-refractivity contribution in [3.05, 3.63) is 0 Å². The van der Waals surface area contributed by atoms with Crippen molar-refractivity contribution in [2.45, 2.75) is 44.7 Å². The molecule has 2 aliphatic rings. The summed E-state index contributed by atoms with van der Waals surface area (Å²) >= 11 is 0. The predicted octanol–water partition coefficient (Wildman–Crippen LogP) is 1.35. The standard InChI is InChI=1S/C12H21NO3/c1-9(12(14)15)13-6-7-16-8-10-4-2-3-5-11(10)13/h9-11H,2-8H2,1H3,(H,14,15)/t9-,10-,11+/m1/s1. The quantitative estimate of drug-likeness (QED) is 0.773.